The lowest BCUT2D eigenvalue weighted by atomic mass is 10.0. The van der Waals surface area contributed by atoms with Gasteiger partial charge in [0.25, 0.3) is 0 Å². The third-order valence-electron chi connectivity index (χ3n) is 4.41. The second-order valence-electron chi connectivity index (χ2n) is 5.89. The largest absolute Gasteiger partial charge is 0.346 e. The highest BCUT2D eigenvalue weighted by Gasteiger charge is 2.11. The summed E-state index contributed by atoms with van der Waals surface area (Å²) in [4.78, 5) is 16.9. The molecule has 0 aliphatic rings. The van der Waals surface area contributed by atoms with Crippen molar-refractivity contribution in [2.75, 3.05) is 0 Å². The lowest BCUT2D eigenvalue weighted by Gasteiger charge is -2.07. The van der Waals surface area contributed by atoms with Crippen LogP contribution in [0.15, 0.2) is 79.3 Å². The van der Waals surface area contributed by atoms with Gasteiger partial charge in [-0.25, -0.2) is 15.0 Å². The summed E-state index contributed by atoms with van der Waals surface area (Å²) in [5.74, 6) is 0. The maximum Gasteiger partial charge on any atom is 0.160 e. The number of hydrogen-bond acceptors (Lipinski definition) is 3. The average molecular weight is 322 g/mol. The molecular weight excluding hydrogens is 308 g/mol. The number of nitrogens with one attached hydrogen (secondary N) is 1. The molecule has 0 aliphatic heterocycles. The fraction of sp³-hybridized carbons (Fsp3) is 0. The van der Waals surface area contributed by atoms with Crippen LogP contribution in [-0.2, 0) is 0 Å². The molecule has 0 bridgehead atoms. The molecule has 1 aromatic carbocycles. The Morgan fingerprint density at radius 3 is 2.52 bits per heavy atom. The molecule has 4 aromatic heterocycles. The Hall–Kier alpha value is -3.53. The van der Waals surface area contributed by atoms with Gasteiger partial charge in [0.15, 0.2) is 5.65 Å². The number of hydrogen-bond donors (Lipinski definition) is 1. The van der Waals surface area contributed by atoms with E-state index >= 15 is 0 Å². The van der Waals surface area contributed by atoms with Crippen molar-refractivity contribution >= 4 is 22.1 Å². The van der Waals surface area contributed by atoms with Crippen LogP contribution in [0.25, 0.3) is 44.5 Å². The zero-order chi connectivity index (χ0) is 16.6. The summed E-state index contributed by atoms with van der Waals surface area (Å²) in [7, 11) is 0. The number of benzene rings is 1. The van der Waals surface area contributed by atoms with Crippen LogP contribution in [0, 0.1) is 0 Å². The monoisotopic (exact) mass is 322 g/mol. The van der Waals surface area contributed by atoms with Crippen molar-refractivity contribution in [1.29, 1.82) is 0 Å². The number of aromatic nitrogens is 4. The minimum Gasteiger partial charge on any atom is -0.346 e. The van der Waals surface area contributed by atoms with Crippen LogP contribution in [0.2, 0.25) is 0 Å². The zero-order valence-corrected chi connectivity index (χ0v) is 13.3. The standard InChI is InChI=1S/C21H14N4/c1-2-5-14(6-3-1)19-9-8-17-15(10-12-23-21(17)25-19)18-13-24-20-16(18)7-4-11-22-20/h1-13H,(H,22,24). The molecule has 1 N–H and O–H groups in total. The van der Waals surface area contributed by atoms with Crippen LogP contribution in [-0.4, -0.2) is 19.9 Å². The minimum absolute atomic E-state index is 0.747. The van der Waals surface area contributed by atoms with E-state index in [0.29, 0.717) is 0 Å². The number of rotatable bonds is 2. The van der Waals surface area contributed by atoms with Crippen LogP contribution in [0.4, 0.5) is 0 Å². The fourth-order valence-electron chi connectivity index (χ4n) is 3.21. The molecule has 4 heterocycles. The van der Waals surface area contributed by atoms with Gasteiger partial charge in [0.05, 0.1) is 5.69 Å². The summed E-state index contributed by atoms with van der Waals surface area (Å²) in [6.07, 6.45) is 5.60. The second kappa shape index (κ2) is 5.53. The van der Waals surface area contributed by atoms with Crippen LogP contribution in [0.1, 0.15) is 0 Å². The van der Waals surface area contributed by atoms with Crippen LogP contribution in [0.3, 0.4) is 0 Å². The topological polar surface area (TPSA) is 54.5 Å². The molecular formula is C21H14N4. The van der Waals surface area contributed by atoms with Crippen LogP contribution in [0.5, 0.6) is 0 Å². The maximum absolute atomic E-state index is 4.76. The van der Waals surface area contributed by atoms with E-state index in [9.17, 15) is 0 Å². The highest BCUT2D eigenvalue weighted by molar-refractivity contribution is 6.02. The molecule has 0 saturated heterocycles. The molecule has 0 atom stereocenters. The molecule has 0 saturated carbocycles. The van der Waals surface area contributed by atoms with E-state index in [1.165, 1.54) is 0 Å². The first-order chi connectivity index (χ1) is 12.4. The average Bonchev–Trinajstić information content (AvgIpc) is 3.12. The Bertz CT molecular complexity index is 1190. The number of H-pyrrole nitrogens is 1. The molecule has 0 unspecified atom stereocenters. The van der Waals surface area contributed by atoms with E-state index in [1.807, 2.05) is 42.7 Å². The normalized spacial score (nSPS) is 11.2. The van der Waals surface area contributed by atoms with Crippen molar-refractivity contribution in [3.8, 4) is 22.4 Å². The summed E-state index contributed by atoms with van der Waals surface area (Å²) in [5.41, 5.74) is 5.88. The first kappa shape index (κ1) is 13.9. The van der Waals surface area contributed by atoms with E-state index in [4.69, 9.17) is 4.98 Å². The Morgan fingerprint density at radius 2 is 1.60 bits per heavy atom. The van der Waals surface area contributed by atoms with Crippen molar-refractivity contribution in [3.63, 3.8) is 0 Å². The number of pyridine rings is 3. The van der Waals surface area contributed by atoms with Crippen molar-refractivity contribution in [2.24, 2.45) is 0 Å². The third-order valence-corrected chi connectivity index (χ3v) is 4.41. The van der Waals surface area contributed by atoms with Gasteiger partial charge in [0, 0.05) is 40.5 Å². The Labute approximate surface area is 144 Å². The Morgan fingerprint density at radius 1 is 0.680 bits per heavy atom. The van der Waals surface area contributed by atoms with Crippen LogP contribution < -0.4 is 0 Å². The summed E-state index contributed by atoms with van der Waals surface area (Å²) in [6.45, 7) is 0. The fourth-order valence-corrected chi connectivity index (χ4v) is 3.21. The van der Waals surface area contributed by atoms with Gasteiger partial charge in [0.2, 0.25) is 0 Å². The van der Waals surface area contributed by atoms with Gasteiger partial charge in [-0.05, 0) is 35.9 Å². The maximum atomic E-state index is 4.76. The SMILES string of the molecule is c1ccc(-c2ccc3c(-c4c[nH]c5ncccc45)ccnc3n2)cc1. The van der Waals surface area contributed by atoms with Gasteiger partial charge < -0.3 is 4.98 Å². The van der Waals surface area contributed by atoms with Gasteiger partial charge in [-0.3, -0.25) is 0 Å². The molecule has 4 heteroatoms. The third kappa shape index (κ3) is 2.27. The number of nitrogens with zero attached hydrogens (tertiary/aromatic N) is 3. The molecule has 0 spiro atoms. The zero-order valence-electron chi connectivity index (χ0n) is 13.3. The van der Waals surface area contributed by atoms with Crippen molar-refractivity contribution in [2.45, 2.75) is 0 Å². The van der Waals surface area contributed by atoms with Gasteiger partial charge in [-0.2, -0.15) is 0 Å². The predicted molar refractivity (Wildman–Crippen MR) is 100 cm³/mol. The van der Waals surface area contributed by atoms with Crippen molar-refractivity contribution < 1.29 is 0 Å². The molecule has 4 nitrogen and oxygen atoms in total. The van der Waals surface area contributed by atoms with Gasteiger partial charge in [-0.1, -0.05) is 30.3 Å². The first-order valence-corrected chi connectivity index (χ1v) is 8.14. The molecule has 118 valence electrons. The van der Waals surface area contributed by atoms with E-state index in [2.05, 4.69) is 45.3 Å². The number of fused-ring (bicyclic) bond motifs is 2. The van der Waals surface area contributed by atoms with Gasteiger partial charge >= 0.3 is 0 Å². The Kier molecular flexibility index (Phi) is 3.07. The summed E-state index contributed by atoms with van der Waals surface area (Å²) >= 11 is 0. The summed E-state index contributed by atoms with van der Waals surface area (Å²) in [6, 6.07) is 20.4. The smallest absolute Gasteiger partial charge is 0.160 e. The van der Waals surface area contributed by atoms with E-state index in [-0.39, 0.29) is 0 Å². The second-order valence-corrected chi connectivity index (χ2v) is 5.89. The summed E-state index contributed by atoms with van der Waals surface area (Å²) in [5, 5.41) is 2.13. The minimum atomic E-state index is 0.747. The summed E-state index contributed by atoms with van der Waals surface area (Å²) < 4.78 is 0. The molecule has 0 aliphatic carbocycles. The van der Waals surface area contributed by atoms with Crippen LogP contribution >= 0.6 is 0 Å². The highest BCUT2D eigenvalue weighted by Crippen LogP contribution is 2.32. The molecule has 5 rings (SSSR count). The van der Waals surface area contributed by atoms with E-state index < -0.39 is 0 Å². The molecule has 5 aromatic rings. The first-order valence-electron chi connectivity index (χ1n) is 8.14. The van der Waals surface area contributed by atoms with Gasteiger partial charge in [0.1, 0.15) is 5.65 Å². The molecule has 0 fully saturated rings. The molecule has 0 amide bonds. The lowest BCUT2D eigenvalue weighted by molar-refractivity contribution is 1.29. The van der Waals surface area contributed by atoms with E-state index in [0.717, 1.165) is 44.5 Å². The quantitative estimate of drug-likeness (QED) is 0.506. The number of aromatic amines is 1. The molecule has 25 heavy (non-hydrogen) atoms. The Balaban J connectivity index is 1.72. The van der Waals surface area contributed by atoms with Gasteiger partial charge in [-0.15, -0.1) is 0 Å². The molecule has 0 radical (unpaired) electrons. The lowest BCUT2D eigenvalue weighted by Crippen LogP contribution is -1.90. The van der Waals surface area contributed by atoms with Crippen molar-refractivity contribution in [3.05, 3.63) is 79.3 Å². The predicted octanol–water partition coefficient (Wildman–Crippen LogP) is 4.84. The highest BCUT2D eigenvalue weighted by atomic mass is 14.9. The van der Waals surface area contributed by atoms with E-state index in [1.54, 1.807) is 6.20 Å². The van der Waals surface area contributed by atoms with Crippen molar-refractivity contribution in [1.82, 2.24) is 19.9 Å².